The van der Waals surface area contributed by atoms with Gasteiger partial charge in [-0.3, -0.25) is 4.79 Å². The Morgan fingerprint density at radius 2 is 2.00 bits per heavy atom. The molecule has 0 aliphatic carbocycles. The van der Waals surface area contributed by atoms with E-state index in [2.05, 4.69) is 20.3 Å². The monoisotopic (exact) mass is 393 g/mol. The van der Waals surface area contributed by atoms with E-state index in [0.717, 1.165) is 11.1 Å². The molecule has 1 N–H and O–H groups in total. The summed E-state index contributed by atoms with van der Waals surface area (Å²) in [5.41, 5.74) is 1.78. The predicted octanol–water partition coefficient (Wildman–Crippen LogP) is 3.69. The van der Waals surface area contributed by atoms with Crippen molar-refractivity contribution in [2.75, 3.05) is 6.54 Å². The van der Waals surface area contributed by atoms with Crippen LogP contribution in [0.2, 0.25) is 0 Å². The summed E-state index contributed by atoms with van der Waals surface area (Å²) in [6, 6.07) is 8.22. The van der Waals surface area contributed by atoms with E-state index >= 15 is 0 Å². The van der Waals surface area contributed by atoms with E-state index in [4.69, 9.17) is 4.42 Å². The molecule has 1 aromatic carbocycles. The number of carbonyl (C=O) groups excluding carboxylic acids is 1. The summed E-state index contributed by atoms with van der Waals surface area (Å²) < 4.78 is 34.0. The molecule has 0 aliphatic rings. The average molecular weight is 393 g/mol. The fourth-order valence-electron chi connectivity index (χ4n) is 2.35. The third kappa shape index (κ3) is 5.85. The van der Waals surface area contributed by atoms with Crippen LogP contribution in [0.1, 0.15) is 17.9 Å². The molecule has 0 atom stereocenters. The van der Waals surface area contributed by atoms with Gasteiger partial charge in [0.05, 0.1) is 0 Å². The maximum Gasteiger partial charge on any atom is 0.387 e. The molecule has 3 aromatic rings. The smallest absolute Gasteiger partial charge is 0.387 e. The SMILES string of the molecule is O=C(CCc1nnc(-c2ccsc2)o1)NCCc1ccc(OC(F)F)cc1. The highest BCUT2D eigenvalue weighted by molar-refractivity contribution is 7.08. The van der Waals surface area contributed by atoms with Gasteiger partial charge in [-0.2, -0.15) is 20.1 Å². The molecule has 0 spiro atoms. The number of alkyl halides is 2. The molecule has 0 saturated heterocycles. The van der Waals surface area contributed by atoms with Crippen LogP contribution in [0.25, 0.3) is 11.5 Å². The molecule has 6 nitrogen and oxygen atoms in total. The molecular formula is C18H17F2N3O3S. The summed E-state index contributed by atoms with van der Waals surface area (Å²) in [5.74, 6) is 0.856. The van der Waals surface area contributed by atoms with Crippen LogP contribution in [0.5, 0.6) is 5.75 Å². The van der Waals surface area contributed by atoms with Crippen LogP contribution >= 0.6 is 11.3 Å². The summed E-state index contributed by atoms with van der Waals surface area (Å²) in [5, 5.41) is 14.5. The Bertz CT molecular complexity index is 851. The highest BCUT2D eigenvalue weighted by Crippen LogP contribution is 2.20. The van der Waals surface area contributed by atoms with E-state index in [1.807, 2.05) is 16.8 Å². The summed E-state index contributed by atoms with van der Waals surface area (Å²) in [6.45, 7) is -2.40. The van der Waals surface area contributed by atoms with Crippen LogP contribution in [-0.4, -0.2) is 29.3 Å². The number of nitrogens with one attached hydrogen (secondary N) is 1. The molecule has 0 unspecified atom stereocenters. The molecule has 1 amide bonds. The number of ether oxygens (including phenoxy) is 1. The lowest BCUT2D eigenvalue weighted by atomic mass is 10.1. The van der Waals surface area contributed by atoms with E-state index in [9.17, 15) is 13.6 Å². The van der Waals surface area contributed by atoms with Crippen molar-refractivity contribution in [3.63, 3.8) is 0 Å². The van der Waals surface area contributed by atoms with Crippen molar-refractivity contribution in [3.8, 4) is 17.2 Å². The molecule has 0 radical (unpaired) electrons. The van der Waals surface area contributed by atoms with Gasteiger partial charge in [0.25, 0.3) is 0 Å². The minimum absolute atomic E-state index is 0.110. The number of aryl methyl sites for hydroxylation is 1. The zero-order valence-electron chi connectivity index (χ0n) is 14.2. The van der Waals surface area contributed by atoms with Crippen LogP contribution in [-0.2, 0) is 17.6 Å². The number of aromatic nitrogens is 2. The second-order valence-electron chi connectivity index (χ2n) is 5.64. The molecule has 0 fully saturated rings. The van der Waals surface area contributed by atoms with Gasteiger partial charge in [0.15, 0.2) is 0 Å². The Labute approximate surface area is 158 Å². The molecule has 0 aliphatic heterocycles. The maximum atomic E-state index is 12.1. The molecule has 0 bridgehead atoms. The van der Waals surface area contributed by atoms with Crippen LogP contribution in [0.4, 0.5) is 8.78 Å². The van der Waals surface area contributed by atoms with Gasteiger partial charge in [-0.15, -0.1) is 10.2 Å². The standard InChI is InChI=1S/C18H17F2N3O3S/c19-18(20)25-14-3-1-12(2-4-14)7-9-21-15(24)5-6-16-22-23-17(26-16)13-8-10-27-11-13/h1-4,8,10-11,18H,5-7,9H2,(H,21,24). The van der Waals surface area contributed by atoms with E-state index < -0.39 is 6.61 Å². The fraction of sp³-hybridized carbons (Fsp3) is 0.278. The van der Waals surface area contributed by atoms with Gasteiger partial charge >= 0.3 is 6.61 Å². The molecule has 3 rings (SSSR count). The number of nitrogens with zero attached hydrogens (tertiary/aromatic N) is 2. The normalized spacial score (nSPS) is 10.9. The van der Waals surface area contributed by atoms with Crippen molar-refractivity contribution < 1.29 is 22.7 Å². The van der Waals surface area contributed by atoms with Crippen molar-refractivity contribution in [3.05, 3.63) is 52.5 Å². The predicted molar refractivity (Wildman–Crippen MR) is 95.7 cm³/mol. The van der Waals surface area contributed by atoms with E-state index in [1.54, 1.807) is 23.5 Å². The lowest BCUT2D eigenvalue weighted by Crippen LogP contribution is -2.25. The van der Waals surface area contributed by atoms with Crippen molar-refractivity contribution in [1.82, 2.24) is 15.5 Å². The number of hydrogen-bond donors (Lipinski definition) is 1. The van der Waals surface area contributed by atoms with Crippen molar-refractivity contribution in [2.45, 2.75) is 25.9 Å². The molecule has 27 heavy (non-hydrogen) atoms. The summed E-state index contributed by atoms with van der Waals surface area (Å²) in [7, 11) is 0. The molecular weight excluding hydrogens is 376 g/mol. The first kappa shape index (κ1) is 19.0. The number of benzene rings is 1. The molecule has 2 aromatic heterocycles. The van der Waals surface area contributed by atoms with Gasteiger partial charge in [0.1, 0.15) is 5.75 Å². The van der Waals surface area contributed by atoms with Gasteiger partial charge < -0.3 is 14.5 Å². The number of halogens is 2. The van der Waals surface area contributed by atoms with Crippen molar-refractivity contribution in [2.24, 2.45) is 0 Å². The van der Waals surface area contributed by atoms with E-state index in [-0.39, 0.29) is 18.1 Å². The highest BCUT2D eigenvalue weighted by Gasteiger charge is 2.11. The Hall–Kier alpha value is -2.81. The van der Waals surface area contributed by atoms with Gasteiger partial charge in [-0.1, -0.05) is 12.1 Å². The number of rotatable bonds is 9. The molecule has 9 heteroatoms. The van der Waals surface area contributed by atoms with E-state index in [0.29, 0.717) is 31.2 Å². The quantitative estimate of drug-likeness (QED) is 0.600. The first-order chi connectivity index (χ1) is 13.1. The van der Waals surface area contributed by atoms with Crippen molar-refractivity contribution in [1.29, 1.82) is 0 Å². The summed E-state index contributed by atoms with van der Waals surface area (Å²) in [6.07, 6.45) is 1.19. The number of thiophene rings is 1. The zero-order valence-corrected chi connectivity index (χ0v) is 15.0. The third-order valence-corrected chi connectivity index (χ3v) is 4.37. The van der Waals surface area contributed by atoms with Crippen molar-refractivity contribution >= 4 is 17.2 Å². The summed E-state index contributed by atoms with van der Waals surface area (Å²) in [4.78, 5) is 11.9. The largest absolute Gasteiger partial charge is 0.435 e. The Balaban J connectivity index is 1.37. The summed E-state index contributed by atoms with van der Waals surface area (Å²) >= 11 is 1.54. The maximum absolute atomic E-state index is 12.1. The molecule has 142 valence electrons. The second kappa shape index (κ2) is 9.22. The lowest BCUT2D eigenvalue weighted by molar-refractivity contribution is -0.121. The van der Waals surface area contributed by atoms with Crippen LogP contribution in [0.3, 0.4) is 0 Å². The Morgan fingerprint density at radius 3 is 2.70 bits per heavy atom. The highest BCUT2D eigenvalue weighted by atomic mass is 32.1. The number of hydrogen-bond acceptors (Lipinski definition) is 6. The molecule has 2 heterocycles. The van der Waals surface area contributed by atoms with Gasteiger partial charge in [0, 0.05) is 30.3 Å². The van der Waals surface area contributed by atoms with E-state index in [1.165, 1.54) is 12.1 Å². The van der Waals surface area contributed by atoms with Gasteiger partial charge in [0.2, 0.25) is 17.7 Å². The number of carbonyl (C=O) groups is 1. The average Bonchev–Trinajstić information content (AvgIpc) is 3.32. The fourth-order valence-corrected chi connectivity index (χ4v) is 2.98. The van der Waals surface area contributed by atoms with Crippen LogP contribution in [0, 0.1) is 0 Å². The van der Waals surface area contributed by atoms with Gasteiger partial charge in [-0.05, 0) is 35.6 Å². The zero-order chi connectivity index (χ0) is 19.1. The second-order valence-corrected chi connectivity index (χ2v) is 6.42. The minimum Gasteiger partial charge on any atom is -0.435 e. The lowest BCUT2D eigenvalue weighted by Gasteiger charge is -2.07. The first-order valence-corrected chi connectivity index (χ1v) is 9.20. The van der Waals surface area contributed by atoms with Crippen LogP contribution in [0.15, 0.2) is 45.5 Å². The van der Waals surface area contributed by atoms with Crippen LogP contribution < -0.4 is 10.1 Å². The van der Waals surface area contributed by atoms with Gasteiger partial charge in [-0.25, -0.2) is 0 Å². The Morgan fingerprint density at radius 1 is 1.19 bits per heavy atom. The number of amides is 1. The first-order valence-electron chi connectivity index (χ1n) is 8.25. The topological polar surface area (TPSA) is 77.2 Å². The third-order valence-electron chi connectivity index (χ3n) is 3.69. The minimum atomic E-state index is -2.84. The molecule has 0 saturated carbocycles. The Kier molecular flexibility index (Phi) is 6.48.